The first kappa shape index (κ1) is 19.4. The van der Waals surface area contributed by atoms with Crippen molar-refractivity contribution >= 4 is 46.6 Å². The topological polar surface area (TPSA) is 75.7 Å². The van der Waals surface area contributed by atoms with Gasteiger partial charge >= 0.3 is 0 Å². The lowest BCUT2D eigenvalue weighted by Crippen LogP contribution is -2.45. The van der Waals surface area contributed by atoms with Gasteiger partial charge in [0.1, 0.15) is 6.04 Å². The molecule has 1 atom stereocenters. The number of carbonyl (C=O) groups is 3. The van der Waals surface area contributed by atoms with E-state index in [1.165, 1.54) is 19.1 Å². The van der Waals surface area contributed by atoms with Gasteiger partial charge in [-0.25, -0.2) is 0 Å². The van der Waals surface area contributed by atoms with E-state index in [0.29, 0.717) is 12.3 Å². The normalized spacial score (nSPS) is 14.3. The SMILES string of the molecule is COCc1ccccc1NC(=O)[C@H](C)N1C(=O)c2cc(Cl)c(Cl)cc2C1=O. The Morgan fingerprint density at radius 3 is 2.22 bits per heavy atom. The largest absolute Gasteiger partial charge is 0.380 e. The molecular formula is C19H16Cl2N2O4. The van der Waals surface area contributed by atoms with Crippen molar-refractivity contribution in [3.05, 3.63) is 63.1 Å². The zero-order valence-electron chi connectivity index (χ0n) is 14.6. The van der Waals surface area contributed by atoms with Crippen LogP contribution in [-0.4, -0.2) is 35.8 Å². The summed E-state index contributed by atoms with van der Waals surface area (Å²) in [5, 5.41) is 3.09. The Morgan fingerprint density at radius 2 is 1.67 bits per heavy atom. The third-order valence-corrected chi connectivity index (χ3v) is 5.02. The number of ether oxygens (including phenoxy) is 1. The molecule has 0 bridgehead atoms. The number of para-hydroxylation sites is 1. The molecule has 3 amide bonds. The van der Waals surface area contributed by atoms with E-state index in [9.17, 15) is 14.4 Å². The Bertz CT molecular complexity index is 904. The Balaban J connectivity index is 1.84. The third-order valence-electron chi connectivity index (χ3n) is 4.30. The molecule has 1 heterocycles. The van der Waals surface area contributed by atoms with Crippen LogP contribution in [0, 0.1) is 0 Å². The van der Waals surface area contributed by atoms with Gasteiger partial charge in [-0.3, -0.25) is 19.3 Å². The first-order chi connectivity index (χ1) is 12.8. The average molecular weight is 407 g/mol. The van der Waals surface area contributed by atoms with E-state index >= 15 is 0 Å². The average Bonchev–Trinajstić information content (AvgIpc) is 2.87. The van der Waals surface area contributed by atoms with Crippen LogP contribution in [-0.2, 0) is 16.1 Å². The van der Waals surface area contributed by atoms with E-state index in [0.717, 1.165) is 10.5 Å². The molecule has 27 heavy (non-hydrogen) atoms. The van der Waals surface area contributed by atoms with Crippen molar-refractivity contribution in [3.63, 3.8) is 0 Å². The number of hydrogen-bond acceptors (Lipinski definition) is 4. The summed E-state index contributed by atoms with van der Waals surface area (Å²) in [6.07, 6.45) is 0. The van der Waals surface area contributed by atoms with Crippen LogP contribution in [0.15, 0.2) is 36.4 Å². The van der Waals surface area contributed by atoms with Gasteiger partial charge < -0.3 is 10.1 Å². The molecule has 8 heteroatoms. The summed E-state index contributed by atoms with van der Waals surface area (Å²) in [7, 11) is 1.55. The second kappa shape index (κ2) is 7.68. The molecule has 1 aliphatic heterocycles. The number of nitrogens with one attached hydrogen (secondary N) is 1. The van der Waals surface area contributed by atoms with Crippen LogP contribution in [0.4, 0.5) is 5.69 Å². The van der Waals surface area contributed by atoms with Crippen LogP contribution in [0.3, 0.4) is 0 Å². The Hall–Kier alpha value is -2.41. The molecule has 3 rings (SSSR count). The molecule has 0 aromatic heterocycles. The quantitative estimate of drug-likeness (QED) is 0.766. The smallest absolute Gasteiger partial charge is 0.262 e. The van der Waals surface area contributed by atoms with Crippen LogP contribution in [0.25, 0.3) is 0 Å². The van der Waals surface area contributed by atoms with E-state index in [4.69, 9.17) is 27.9 Å². The van der Waals surface area contributed by atoms with Gasteiger partial charge in [-0.1, -0.05) is 41.4 Å². The molecule has 1 N–H and O–H groups in total. The Labute approximate surface area is 166 Å². The lowest BCUT2D eigenvalue weighted by Gasteiger charge is -2.22. The van der Waals surface area contributed by atoms with Crippen molar-refractivity contribution in [1.82, 2.24) is 4.90 Å². The summed E-state index contributed by atoms with van der Waals surface area (Å²) in [4.78, 5) is 38.9. The molecule has 6 nitrogen and oxygen atoms in total. The molecule has 0 spiro atoms. The van der Waals surface area contributed by atoms with Crippen molar-refractivity contribution in [2.24, 2.45) is 0 Å². The minimum absolute atomic E-state index is 0.133. The number of amides is 3. The molecular weight excluding hydrogens is 391 g/mol. The number of rotatable bonds is 5. The van der Waals surface area contributed by atoms with Crippen LogP contribution in [0.5, 0.6) is 0 Å². The molecule has 0 saturated carbocycles. The van der Waals surface area contributed by atoms with Gasteiger partial charge in [0.05, 0.1) is 27.8 Å². The van der Waals surface area contributed by atoms with E-state index in [1.807, 2.05) is 12.1 Å². The summed E-state index contributed by atoms with van der Waals surface area (Å²) >= 11 is 11.9. The van der Waals surface area contributed by atoms with Gasteiger partial charge in [0.2, 0.25) is 5.91 Å². The maximum Gasteiger partial charge on any atom is 0.262 e. The Morgan fingerprint density at radius 1 is 1.11 bits per heavy atom. The number of fused-ring (bicyclic) bond motifs is 1. The molecule has 0 unspecified atom stereocenters. The fourth-order valence-electron chi connectivity index (χ4n) is 2.88. The fraction of sp³-hybridized carbons (Fsp3) is 0.211. The van der Waals surface area contributed by atoms with Crippen molar-refractivity contribution in [3.8, 4) is 0 Å². The van der Waals surface area contributed by atoms with Gasteiger partial charge in [0.25, 0.3) is 11.8 Å². The van der Waals surface area contributed by atoms with Crippen molar-refractivity contribution in [1.29, 1.82) is 0 Å². The number of anilines is 1. The molecule has 2 aromatic carbocycles. The highest BCUT2D eigenvalue weighted by molar-refractivity contribution is 6.43. The number of nitrogens with zero attached hydrogens (tertiary/aromatic N) is 1. The van der Waals surface area contributed by atoms with Crippen molar-refractivity contribution in [2.75, 3.05) is 12.4 Å². The summed E-state index contributed by atoms with van der Waals surface area (Å²) < 4.78 is 5.11. The molecule has 0 saturated heterocycles. The van der Waals surface area contributed by atoms with Gasteiger partial charge in [0, 0.05) is 18.4 Å². The highest BCUT2D eigenvalue weighted by atomic mass is 35.5. The highest BCUT2D eigenvalue weighted by Gasteiger charge is 2.41. The van der Waals surface area contributed by atoms with E-state index in [-0.39, 0.29) is 21.2 Å². The predicted molar refractivity (Wildman–Crippen MR) is 102 cm³/mol. The molecule has 140 valence electrons. The fourth-order valence-corrected chi connectivity index (χ4v) is 3.21. The first-order valence-corrected chi connectivity index (χ1v) is 8.85. The van der Waals surface area contributed by atoms with Gasteiger partial charge in [0.15, 0.2) is 0 Å². The Kier molecular flexibility index (Phi) is 5.51. The molecule has 0 fully saturated rings. The van der Waals surface area contributed by atoms with E-state index in [1.54, 1.807) is 19.2 Å². The number of halogens is 2. The minimum atomic E-state index is -1.02. The van der Waals surface area contributed by atoms with Crippen LogP contribution < -0.4 is 5.32 Å². The van der Waals surface area contributed by atoms with Crippen molar-refractivity contribution < 1.29 is 19.1 Å². The second-order valence-corrected chi connectivity index (χ2v) is 6.86. The van der Waals surface area contributed by atoms with Gasteiger partial charge in [-0.05, 0) is 25.1 Å². The zero-order chi connectivity index (χ0) is 19.7. The molecule has 0 aliphatic carbocycles. The highest BCUT2D eigenvalue weighted by Crippen LogP contribution is 2.32. The van der Waals surface area contributed by atoms with E-state index in [2.05, 4.69) is 5.32 Å². The maximum absolute atomic E-state index is 12.7. The number of imide groups is 1. The van der Waals surface area contributed by atoms with Crippen LogP contribution in [0.2, 0.25) is 10.0 Å². The first-order valence-electron chi connectivity index (χ1n) is 8.09. The van der Waals surface area contributed by atoms with Gasteiger partial charge in [-0.15, -0.1) is 0 Å². The second-order valence-electron chi connectivity index (χ2n) is 6.05. The van der Waals surface area contributed by atoms with E-state index < -0.39 is 23.8 Å². The predicted octanol–water partition coefficient (Wildman–Crippen LogP) is 3.76. The zero-order valence-corrected chi connectivity index (χ0v) is 16.1. The number of methoxy groups -OCH3 is 1. The lowest BCUT2D eigenvalue weighted by atomic mass is 10.1. The monoisotopic (exact) mass is 406 g/mol. The van der Waals surface area contributed by atoms with Crippen LogP contribution >= 0.6 is 23.2 Å². The summed E-state index contributed by atoms with van der Waals surface area (Å²) in [5.74, 6) is -1.66. The number of carbonyl (C=O) groups excluding carboxylic acids is 3. The summed E-state index contributed by atoms with van der Waals surface area (Å²) in [5.41, 5.74) is 1.60. The lowest BCUT2D eigenvalue weighted by molar-refractivity contribution is -0.119. The van der Waals surface area contributed by atoms with Crippen molar-refractivity contribution in [2.45, 2.75) is 19.6 Å². The number of hydrogen-bond donors (Lipinski definition) is 1. The summed E-state index contributed by atoms with van der Waals surface area (Å²) in [6, 6.07) is 8.80. The number of benzene rings is 2. The summed E-state index contributed by atoms with van der Waals surface area (Å²) in [6.45, 7) is 1.80. The minimum Gasteiger partial charge on any atom is -0.380 e. The molecule has 0 radical (unpaired) electrons. The maximum atomic E-state index is 12.7. The standard InChI is InChI=1S/C19H16Cl2N2O4/c1-10(17(24)22-16-6-4-3-5-11(16)9-27-2)23-18(25)12-7-14(20)15(21)8-13(12)19(23)26/h3-8,10H,9H2,1-2H3,(H,22,24)/t10-/m0/s1. The van der Waals surface area contributed by atoms with Gasteiger partial charge in [-0.2, -0.15) is 0 Å². The molecule has 1 aliphatic rings. The van der Waals surface area contributed by atoms with Crippen LogP contribution in [0.1, 0.15) is 33.2 Å². The molecule has 2 aromatic rings. The third kappa shape index (κ3) is 3.56.